The van der Waals surface area contributed by atoms with E-state index in [0.29, 0.717) is 5.89 Å². The Balaban J connectivity index is 1.60. The van der Waals surface area contributed by atoms with Gasteiger partial charge in [-0.3, -0.25) is 15.0 Å². The summed E-state index contributed by atoms with van der Waals surface area (Å²) in [5.74, 6) is 1.66. The third-order valence-electron chi connectivity index (χ3n) is 4.62. The number of hydrogen-bond donors (Lipinski definition) is 0. The summed E-state index contributed by atoms with van der Waals surface area (Å²) in [5.41, 5.74) is 1.13. The number of nitrogens with zero attached hydrogens (tertiary/aromatic N) is 5. The number of anilines is 1. The summed E-state index contributed by atoms with van der Waals surface area (Å²) in [6.45, 7) is 9.62. The highest BCUT2D eigenvalue weighted by molar-refractivity contribution is 5.51. The van der Waals surface area contributed by atoms with Crippen LogP contribution in [0.15, 0.2) is 28.8 Å². The minimum absolute atomic E-state index is 0.0824. The van der Waals surface area contributed by atoms with Gasteiger partial charge >= 0.3 is 0 Å². The minimum Gasteiger partial charge on any atom is -0.369 e. The van der Waals surface area contributed by atoms with Crippen molar-refractivity contribution in [3.8, 4) is 0 Å². The average molecular weight is 345 g/mol. The van der Waals surface area contributed by atoms with Crippen LogP contribution in [-0.4, -0.2) is 46.1 Å². The van der Waals surface area contributed by atoms with Gasteiger partial charge in [-0.1, -0.05) is 19.0 Å². The van der Waals surface area contributed by atoms with E-state index in [9.17, 15) is 10.1 Å². The van der Waals surface area contributed by atoms with Crippen LogP contribution >= 0.6 is 0 Å². The SMILES string of the molecule is CC(C)c1noc([C@@H](C)N2CCN(c3ccc([N+](=O)[O-])cc3)CC2)n1. The molecule has 0 saturated carbocycles. The van der Waals surface area contributed by atoms with Crippen LogP contribution in [-0.2, 0) is 0 Å². The third-order valence-corrected chi connectivity index (χ3v) is 4.62. The second kappa shape index (κ2) is 7.18. The lowest BCUT2D eigenvalue weighted by molar-refractivity contribution is -0.384. The van der Waals surface area contributed by atoms with Crippen molar-refractivity contribution in [1.29, 1.82) is 0 Å². The summed E-state index contributed by atoms with van der Waals surface area (Å²) in [6.07, 6.45) is 0. The van der Waals surface area contributed by atoms with Crippen LogP contribution in [0.2, 0.25) is 0 Å². The Morgan fingerprint density at radius 1 is 1.12 bits per heavy atom. The molecule has 2 heterocycles. The Hall–Kier alpha value is -2.48. The quantitative estimate of drug-likeness (QED) is 0.608. The molecule has 0 amide bonds. The predicted octanol–water partition coefficient (Wildman–Crippen LogP) is 2.98. The molecule has 0 unspecified atom stereocenters. The molecule has 1 aliphatic rings. The first-order valence-corrected chi connectivity index (χ1v) is 8.52. The fourth-order valence-electron chi connectivity index (χ4n) is 2.96. The smallest absolute Gasteiger partial charge is 0.269 e. The van der Waals surface area contributed by atoms with Crippen LogP contribution in [0.1, 0.15) is 44.4 Å². The monoisotopic (exact) mass is 345 g/mol. The van der Waals surface area contributed by atoms with Crippen LogP contribution < -0.4 is 4.90 Å². The molecular weight excluding hydrogens is 322 g/mol. The summed E-state index contributed by atoms with van der Waals surface area (Å²) in [4.78, 5) is 19.4. The zero-order chi connectivity index (χ0) is 18.0. The molecule has 0 bridgehead atoms. The van der Waals surface area contributed by atoms with Crippen LogP contribution in [0, 0.1) is 10.1 Å². The van der Waals surface area contributed by atoms with Crippen molar-refractivity contribution in [3.63, 3.8) is 0 Å². The highest BCUT2D eigenvalue weighted by atomic mass is 16.6. The number of benzene rings is 1. The normalized spacial score (nSPS) is 17.0. The van der Waals surface area contributed by atoms with E-state index in [0.717, 1.165) is 37.7 Å². The molecule has 1 aromatic carbocycles. The fraction of sp³-hybridized carbons (Fsp3) is 0.529. The maximum Gasteiger partial charge on any atom is 0.269 e. The van der Waals surface area contributed by atoms with Gasteiger partial charge in [-0.25, -0.2) is 0 Å². The molecule has 0 aliphatic carbocycles. The molecule has 134 valence electrons. The van der Waals surface area contributed by atoms with Gasteiger partial charge in [0, 0.05) is 49.9 Å². The standard InChI is InChI=1S/C17H23N5O3/c1-12(2)16-18-17(25-19-16)13(3)20-8-10-21(11-9-20)14-4-6-15(7-5-14)22(23)24/h4-7,12-13H,8-11H2,1-3H3/t13-/m1/s1. The second-order valence-corrected chi connectivity index (χ2v) is 6.62. The van der Waals surface area contributed by atoms with Gasteiger partial charge in [0.1, 0.15) is 0 Å². The van der Waals surface area contributed by atoms with E-state index < -0.39 is 0 Å². The predicted molar refractivity (Wildman–Crippen MR) is 93.7 cm³/mol. The van der Waals surface area contributed by atoms with Crippen molar-refractivity contribution in [3.05, 3.63) is 46.1 Å². The van der Waals surface area contributed by atoms with Crippen LogP contribution in [0.25, 0.3) is 0 Å². The second-order valence-electron chi connectivity index (χ2n) is 6.62. The van der Waals surface area contributed by atoms with E-state index in [1.807, 2.05) is 26.0 Å². The van der Waals surface area contributed by atoms with Crippen molar-refractivity contribution >= 4 is 11.4 Å². The Bertz CT molecular complexity index is 720. The molecule has 8 nitrogen and oxygen atoms in total. The summed E-state index contributed by atoms with van der Waals surface area (Å²) in [7, 11) is 0. The maximum atomic E-state index is 10.8. The third kappa shape index (κ3) is 3.79. The molecule has 2 aromatic rings. The van der Waals surface area contributed by atoms with Crippen LogP contribution in [0.3, 0.4) is 0 Å². The minimum atomic E-state index is -0.376. The van der Waals surface area contributed by atoms with Gasteiger partial charge in [0.25, 0.3) is 5.69 Å². The summed E-state index contributed by atoms with van der Waals surface area (Å²) in [6, 6.07) is 6.81. The number of hydrogen-bond acceptors (Lipinski definition) is 7. The summed E-state index contributed by atoms with van der Waals surface area (Å²) < 4.78 is 5.41. The highest BCUT2D eigenvalue weighted by Gasteiger charge is 2.26. The van der Waals surface area contributed by atoms with Crippen LogP contribution in [0.4, 0.5) is 11.4 Å². The Morgan fingerprint density at radius 3 is 2.28 bits per heavy atom. The molecule has 0 radical (unpaired) electrons. The lowest BCUT2D eigenvalue weighted by atomic mass is 10.2. The molecule has 1 atom stereocenters. The van der Waals surface area contributed by atoms with Crippen molar-refractivity contribution in [2.75, 3.05) is 31.1 Å². The molecule has 0 N–H and O–H groups in total. The van der Waals surface area contributed by atoms with E-state index >= 15 is 0 Å². The van der Waals surface area contributed by atoms with Crippen molar-refractivity contribution in [2.45, 2.75) is 32.7 Å². The van der Waals surface area contributed by atoms with Gasteiger partial charge in [-0.15, -0.1) is 0 Å². The Kier molecular flexibility index (Phi) is 4.98. The van der Waals surface area contributed by atoms with Gasteiger partial charge in [-0.05, 0) is 19.1 Å². The first-order chi connectivity index (χ1) is 12.0. The molecule has 3 rings (SSSR count). The maximum absolute atomic E-state index is 10.8. The number of nitro groups is 1. The molecule has 1 aliphatic heterocycles. The number of non-ortho nitro benzene ring substituents is 1. The van der Waals surface area contributed by atoms with E-state index in [-0.39, 0.29) is 22.6 Å². The molecule has 1 aromatic heterocycles. The molecule has 0 spiro atoms. The van der Waals surface area contributed by atoms with Gasteiger partial charge in [0.15, 0.2) is 5.82 Å². The first kappa shape index (κ1) is 17.3. The fourth-order valence-corrected chi connectivity index (χ4v) is 2.96. The van der Waals surface area contributed by atoms with Gasteiger partial charge in [-0.2, -0.15) is 4.98 Å². The van der Waals surface area contributed by atoms with E-state index in [1.165, 1.54) is 0 Å². The topological polar surface area (TPSA) is 88.5 Å². The lowest BCUT2D eigenvalue weighted by Gasteiger charge is -2.38. The average Bonchev–Trinajstić information content (AvgIpc) is 3.12. The highest BCUT2D eigenvalue weighted by Crippen LogP contribution is 2.25. The summed E-state index contributed by atoms with van der Waals surface area (Å²) in [5, 5.41) is 14.8. The first-order valence-electron chi connectivity index (χ1n) is 8.52. The summed E-state index contributed by atoms with van der Waals surface area (Å²) >= 11 is 0. The largest absolute Gasteiger partial charge is 0.369 e. The molecule has 1 fully saturated rings. The number of aromatic nitrogens is 2. The van der Waals surface area contributed by atoms with Crippen molar-refractivity contribution in [2.24, 2.45) is 0 Å². The molecule has 1 saturated heterocycles. The van der Waals surface area contributed by atoms with E-state index in [2.05, 4.69) is 26.9 Å². The van der Waals surface area contributed by atoms with Crippen LogP contribution in [0.5, 0.6) is 0 Å². The van der Waals surface area contributed by atoms with Crippen molar-refractivity contribution < 1.29 is 9.45 Å². The van der Waals surface area contributed by atoms with E-state index in [4.69, 9.17) is 4.52 Å². The lowest BCUT2D eigenvalue weighted by Crippen LogP contribution is -2.47. The van der Waals surface area contributed by atoms with Gasteiger partial charge < -0.3 is 9.42 Å². The number of piperazine rings is 1. The molecular formula is C17H23N5O3. The van der Waals surface area contributed by atoms with Crippen molar-refractivity contribution in [1.82, 2.24) is 15.0 Å². The number of rotatable bonds is 5. The van der Waals surface area contributed by atoms with Gasteiger partial charge in [0.05, 0.1) is 11.0 Å². The number of nitro benzene ring substituents is 1. The van der Waals surface area contributed by atoms with Gasteiger partial charge in [0.2, 0.25) is 5.89 Å². The van der Waals surface area contributed by atoms with E-state index in [1.54, 1.807) is 12.1 Å². The Labute approximate surface area is 146 Å². The molecule has 25 heavy (non-hydrogen) atoms. The molecule has 8 heteroatoms. The Morgan fingerprint density at radius 2 is 1.76 bits per heavy atom. The zero-order valence-electron chi connectivity index (χ0n) is 14.8. The zero-order valence-corrected chi connectivity index (χ0v) is 14.8.